The molecule has 6 aromatic rings. The van der Waals surface area contributed by atoms with Crippen LogP contribution < -0.4 is 9.80 Å². The molecule has 0 fully saturated rings. The minimum Gasteiger partial charge on any atom is -0.332 e. The van der Waals surface area contributed by atoms with E-state index in [0.29, 0.717) is 0 Å². The molecule has 0 aromatic heterocycles. The van der Waals surface area contributed by atoms with Crippen LogP contribution in [-0.4, -0.2) is 0 Å². The minimum atomic E-state index is -0.311. The van der Waals surface area contributed by atoms with Gasteiger partial charge in [-0.1, -0.05) is 122 Å². The van der Waals surface area contributed by atoms with Crippen molar-refractivity contribution in [2.45, 2.75) is 91.6 Å². The Balaban J connectivity index is 1.22. The minimum absolute atomic E-state index is 0.116. The SMILES string of the molecule is CCC1(N(c2ccc(C)cc2)c2ccc(C)cc2)Cc2cc3c(cc21)C(C)(C)c1cc(C(C)(C)N(c2ccc(C)cc2)c2ccc(C)cc2)ccc1-3. The smallest absolute Gasteiger partial charge is 0.0743 e. The zero-order chi connectivity index (χ0) is 36.6. The Morgan fingerprint density at radius 3 is 1.42 bits per heavy atom. The third-order valence-corrected chi connectivity index (χ3v) is 12.3. The summed E-state index contributed by atoms with van der Waals surface area (Å²) < 4.78 is 0. The lowest BCUT2D eigenvalue weighted by Crippen LogP contribution is -2.51. The lowest BCUT2D eigenvalue weighted by Gasteiger charge is -2.53. The van der Waals surface area contributed by atoms with Gasteiger partial charge in [0, 0.05) is 34.6 Å². The summed E-state index contributed by atoms with van der Waals surface area (Å²) in [6.07, 6.45) is 2.05. The second kappa shape index (κ2) is 12.3. The maximum Gasteiger partial charge on any atom is 0.0743 e. The summed E-state index contributed by atoms with van der Waals surface area (Å²) in [7, 11) is 0. The van der Waals surface area contributed by atoms with Crippen molar-refractivity contribution in [1.82, 2.24) is 0 Å². The molecule has 2 nitrogen and oxygen atoms in total. The van der Waals surface area contributed by atoms with Crippen LogP contribution in [0.5, 0.6) is 0 Å². The number of hydrogen-bond acceptors (Lipinski definition) is 2. The van der Waals surface area contributed by atoms with Crippen LogP contribution in [0.15, 0.2) is 127 Å². The Morgan fingerprint density at radius 2 is 0.962 bits per heavy atom. The molecule has 0 amide bonds. The van der Waals surface area contributed by atoms with Gasteiger partial charge in [0.15, 0.2) is 0 Å². The molecule has 0 saturated carbocycles. The summed E-state index contributed by atoms with van der Waals surface area (Å²) in [5, 5.41) is 0. The summed E-state index contributed by atoms with van der Waals surface area (Å²) in [5.74, 6) is 0. The fraction of sp³-hybridized carbons (Fsp3) is 0.280. The van der Waals surface area contributed by atoms with Gasteiger partial charge in [-0.3, -0.25) is 0 Å². The van der Waals surface area contributed by atoms with Crippen LogP contribution in [0.1, 0.15) is 91.1 Å². The molecular weight excluding hydrogens is 629 g/mol. The Hall–Kier alpha value is -5.08. The molecular formula is C50H52N2. The first-order valence-corrected chi connectivity index (χ1v) is 19.0. The van der Waals surface area contributed by atoms with E-state index < -0.39 is 0 Å². The number of fused-ring (bicyclic) bond motifs is 4. The van der Waals surface area contributed by atoms with E-state index in [9.17, 15) is 0 Å². The van der Waals surface area contributed by atoms with Gasteiger partial charge in [-0.15, -0.1) is 0 Å². The third kappa shape index (κ3) is 5.30. The lowest BCUT2D eigenvalue weighted by atomic mass is 9.65. The molecule has 6 aromatic carbocycles. The number of aryl methyl sites for hydroxylation is 4. The summed E-state index contributed by atoms with van der Waals surface area (Å²) in [5.41, 5.74) is 19.3. The molecule has 0 heterocycles. The van der Waals surface area contributed by atoms with E-state index in [2.05, 4.69) is 200 Å². The van der Waals surface area contributed by atoms with Crippen LogP contribution in [0.3, 0.4) is 0 Å². The molecule has 262 valence electrons. The van der Waals surface area contributed by atoms with E-state index in [0.717, 1.165) is 12.8 Å². The van der Waals surface area contributed by atoms with Crippen molar-refractivity contribution in [3.8, 4) is 11.1 Å². The fourth-order valence-electron chi connectivity index (χ4n) is 9.10. The van der Waals surface area contributed by atoms with Crippen LogP contribution in [0.2, 0.25) is 0 Å². The maximum atomic E-state index is 2.63. The van der Waals surface area contributed by atoms with Gasteiger partial charge in [-0.25, -0.2) is 0 Å². The monoisotopic (exact) mass is 680 g/mol. The first-order chi connectivity index (χ1) is 24.8. The van der Waals surface area contributed by atoms with Crippen molar-refractivity contribution in [2.24, 2.45) is 0 Å². The Bertz CT molecular complexity index is 2180. The van der Waals surface area contributed by atoms with Gasteiger partial charge in [0.25, 0.3) is 0 Å². The normalized spacial score (nSPS) is 16.8. The van der Waals surface area contributed by atoms with Crippen LogP contribution in [-0.2, 0) is 22.9 Å². The van der Waals surface area contributed by atoms with Gasteiger partial charge in [0.2, 0.25) is 0 Å². The van der Waals surface area contributed by atoms with Crippen LogP contribution >= 0.6 is 0 Å². The molecule has 0 N–H and O–H groups in total. The standard InChI is InChI=1S/C50H52N2/c1-10-50(52(41-24-15-35(4)16-25-41)42-26-17-36(5)18-27-42)32-37-29-44-43-28-19-38(30-46(43)48(6,7)47(44)31-45(37)50)49(8,9)51(39-20-11-33(2)12-21-39)40-22-13-34(3)14-23-40/h11-31H,10,32H2,1-9H3. The van der Waals surface area contributed by atoms with Crippen molar-refractivity contribution in [3.05, 3.63) is 177 Å². The van der Waals surface area contributed by atoms with Gasteiger partial charge in [-0.05, 0) is 135 Å². The molecule has 0 saturated heterocycles. The first kappa shape index (κ1) is 34.0. The number of benzene rings is 6. The van der Waals surface area contributed by atoms with E-state index in [1.165, 1.54) is 83.9 Å². The number of hydrogen-bond donors (Lipinski definition) is 0. The van der Waals surface area contributed by atoms with E-state index in [4.69, 9.17) is 0 Å². The lowest BCUT2D eigenvalue weighted by molar-refractivity contribution is 0.362. The van der Waals surface area contributed by atoms with Crippen molar-refractivity contribution < 1.29 is 0 Å². The Labute approximate surface area is 311 Å². The number of rotatable bonds is 8. The van der Waals surface area contributed by atoms with Gasteiger partial charge >= 0.3 is 0 Å². The molecule has 0 spiro atoms. The molecule has 2 aliphatic carbocycles. The predicted octanol–water partition coefficient (Wildman–Crippen LogP) is 13.3. The van der Waals surface area contributed by atoms with Crippen molar-refractivity contribution in [1.29, 1.82) is 0 Å². The fourth-order valence-corrected chi connectivity index (χ4v) is 9.10. The quantitative estimate of drug-likeness (QED) is 0.158. The van der Waals surface area contributed by atoms with E-state index in [1.54, 1.807) is 0 Å². The highest BCUT2D eigenvalue weighted by atomic mass is 15.2. The second-order valence-electron chi connectivity index (χ2n) is 16.6. The molecule has 2 heteroatoms. The average Bonchev–Trinajstić information content (AvgIpc) is 3.34. The van der Waals surface area contributed by atoms with Crippen molar-refractivity contribution in [2.75, 3.05) is 9.80 Å². The van der Waals surface area contributed by atoms with E-state index in [-0.39, 0.29) is 16.5 Å². The van der Waals surface area contributed by atoms with Crippen molar-refractivity contribution >= 4 is 22.7 Å². The van der Waals surface area contributed by atoms with E-state index in [1.807, 2.05) is 0 Å². The van der Waals surface area contributed by atoms with Gasteiger partial charge < -0.3 is 9.80 Å². The topological polar surface area (TPSA) is 6.48 Å². The largest absolute Gasteiger partial charge is 0.332 e. The number of nitrogens with zero attached hydrogens (tertiary/aromatic N) is 2. The molecule has 8 rings (SSSR count). The molecule has 52 heavy (non-hydrogen) atoms. The van der Waals surface area contributed by atoms with Gasteiger partial charge in [-0.2, -0.15) is 0 Å². The average molecular weight is 681 g/mol. The molecule has 0 radical (unpaired) electrons. The van der Waals surface area contributed by atoms with Crippen LogP contribution in [0.25, 0.3) is 11.1 Å². The molecule has 1 atom stereocenters. The van der Waals surface area contributed by atoms with Crippen molar-refractivity contribution in [3.63, 3.8) is 0 Å². The predicted molar refractivity (Wildman–Crippen MR) is 222 cm³/mol. The second-order valence-corrected chi connectivity index (χ2v) is 16.6. The molecule has 2 aliphatic rings. The first-order valence-electron chi connectivity index (χ1n) is 19.0. The van der Waals surface area contributed by atoms with Gasteiger partial charge in [0.05, 0.1) is 11.1 Å². The Kier molecular flexibility index (Phi) is 8.03. The summed E-state index contributed by atoms with van der Waals surface area (Å²) >= 11 is 0. The third-order valence-electron chi connectivity index (χ3n) is 12.3. The zero-order valence-electron chi connectivity index (χ0n) is 32.4. The Morgan fingerprint density at radius 1 is 0.519 bits per heavy atom. The van der Waals surface area contributed by atoms with Crippen LogP contribution in [0.4, 0.5) is 22.7 Å². The number of anilines is 4. The highest BCUT2D eigenvalue weighted by molar-refractivity contribution is 5.84. The van der Waals surface area contributed by atoms with E-state index >= 15 is 0 Å². The zero-order valence-corrected chi connectivity index (χ0v) is 32.4. The summed E-state index contributed by atoms with van der Waals surface area (Å²) in [6, 6.07) is 48.6. The highest BCUT2D eigenvalue weighted by Gasteiger charge is 2.49. The molecule has 0 bridgehead atoms. The summed E-state index contributed by atoms with van der Waals surface area (Å²) in [6.45, 7) is 20.6. The van der Waals surface area contributed by atoms with Gasteiger partial charge in [0.1, 0.15) is 0 Å². The molecule has 1 unspecified atom stereocenters. The van der Waals surface area contributed by atoms with Crippen LogP contribution in [0, 0.1) is 27.7 Å². The maximum absolute atomic E-state index is 2.63. The highest BCUT2D eigenvalue weighted by Crippen LogP contribution is 2.57. The molecule has 0 aliphatic heterocycles. The summed E-state index contributed by atoms with van der Waals surface area (Å²) in [4.78, 5) is 5.13.